The number of carbonyl (C=O) groups is 1. The third-order valence-electron chi connectivity index (χ3n) is 3.15. The zero-order chi connectivity index (χ0) is 14.5. The van der Waals surface area contributed by atoms with Gasteiger partial charge >= 0.3 is 5.97 Å². The maximum absolute atomic E-state index is 12.0. The van der Waals surface area contributed by atoms with Crippen molar-refractivity contribution in [2.45, 2.75) is 19.2 Å². The molecule has 1 heterocycles. The molecule has 0 aromatic carbocycles. The molecule has 1 rings (SSSR count). The second-order valence-corrected chi connectivity index (χ2v) is 7.95. The third kappa shape index (κ3) is 4.50. The van der Waals surface area contributed by atoms with Crippen molar-refractivity contribution in [2.24, 2.45) is 0 Å². The zero-order valence-corrected chi connectivity index (χ0v) is 13.2. The van der Waals surface area contributed by atoms with Gasteiger partial charge in [0.1, 0.15) is 5.37 Å². The summed E-state index contributed by atoms with van der Waals surface area (Å²) < 4.78 is 28.7. The highest BCUT2D eigenvalue weighted by Crippen LogP contribution is 2.21. The van der Waals surface area contributed by atoms with E-state index in [2.05, 4.69) is 4.74 Å². The summed E-state index contributed by atoms with van der Waals surface area (Å²) in [4.78, 5) is 13.2. The Labute approximate surface area is 119 Å². The zero-order valence-electron chi connectivity index (χ0n) is 11.6. The van der Waals surface area contributed by atoms with Crippen molar-refractivity contribution in [3.05, 3.63) is 11.6 Å². The average molecular weight is 307 g/mol. The van der Waals surface area contributed by atoms with Crippen LogP contribution < -0.4 is 0 Å². The predicted molar refractivity (Wildman–Crippen MR) is 77.9 cm³/mol. The van der Waals surface area contributed by atoms with Crippen LogP contribution >= 0.6 is 11.8 Å². The van der Waals surface area contributed by atoms with Gasteiger partial charge in [-0.3, -0.25) is 4.90 Å². The summed E-state index contributed by atoms with van der Waals surface area (Å²) in [5.41, 5.74) is 0.508. The first-order chi connectivity index (χ1) is 8.92. The monoisotopic (exact) mass is 307 g/mol. The van der Waals surface area contributed by atoms with Crippen molar-refractivity contribution < 1.29 is 17.9 Å². The van der Waals surface area contributed by atoms with E-state index in [9.17, 15) is 13.2 Å². The van der Waals surface area contributed by atoms with Crippen LogP contribution in [0.15, 0.2) is 11.6 Å². The number of sulfone groups is 1. The van der Waals surface area contributed by atoms with E-state index in [-0.39, 0.29) is 11.7 Å². The van der Waals surface area contributed by atoms with Gasteiger partial charge < -0.3 is 4.74 Å². The van der Waals surface area contributed by atoms with Crippen LogP contribution in [0.2, 0.25) is 0 Å². The van der Waals surface area contributed by atoms with Crippen LogP contribution in [-0.4, -0.2) is 62.1 Å². The van der Waals surface area contributed by atoms with E-state index in [1.165, 1.54) is 7.11 Å². The highest BCUT2D eigenvalue weighted by Gasteiger charge is 2.32. The van der Waals surface area contributed by atoms with E-state index in [1.54, 1.807) is 31.7 Å². The fraction of sp³-hybridized carbons (Fsp3) is 0.750. The second kappa shape index (κ2) is 7.31. The number of methoxy groups -OCH3 is 1. The topological polar surface area (TPSA) is 63.7 Å². The molecule has 1 fully saturated rings. The van der Waals surface area contributed by atoms with E-state index in [4.69, 9.17) is 0 Å². The molecule has 1 unspecified atom stereocenters. The first-order valence-corrected chi connectivity index (χ1v) is 9.07. The van der Waals surface area contributed by atoms with Gasteiger partial charge in [0.2, 0.25) is 0 Å². The molecule has 110 valence electrons. The van der Waals surface area contributed by atoms with Crippen molar-refractivity contribution in [3.8, 4) is 0 Å². The van der Waals surface area contributed by atoms with Gasteiger partial charge in [-0.25, -0.2) is 13.2 Å². The van der Waals surface area contributed by atoms with Crippen LogP contribution in [0.3, 0.4) is 0 Å². The van der Waals surface area contributed by atoms with Crippen molar-refractivity contribution in [1.82, 2.24) is 4.90 Å². The molecule has 0 amide bonds. The number of hydrogen-bond donors (Lipinski definition) is 0. The second-order valence-electron chi connectivity index (χ2n) is 4.35. The Morgan fingerprint density at radius 3 is 2.79 bits per heavy atom. The number of ether oxygens (including phenoxy) is 1. The van der Waals surface area contributed by atoms with Gasteiger partial charge in [0.25, 0.3) is 0 Å². The normalized spacial score (nSPS) is 22.3. The van der Waals surface area contributed by atoms with Crippen LogP contribution in [0.1, 0.15) is 13.8 Å². The minimum Gasteiger partial charge on any atom is -0.466 e. The molecule has 7 heteroatoms. The molecular formula is C12H21NO4S2. The molecule has 0 bridgehead atoms. The number of carbonyl (C=O) groups excluding carboxylic acids is 1. The number of esters is 1. The van der Waals surface area contributed by atoms with Crippen LogP contribution in [0, 0.1) is 0 Å². The van der Waals surface area contributed by atoms with Crippen LogP contribution in [0.4, 0.5) is 0 Å². The van der Waals surface area contributed by atoms with Crippen molar-refractivity contribution in [2.75, 3.05) is 37.5 Å². The lowest BCUT2D eigenvalue weighted by Crippen LogP contribution is -2.47. The first-order valence-electron chi connectivity index (χ1n) is 6.20. The molecule has 1 aliphatic heterocycles. The van der Waals surface area contributed by atoms with Gasteiger partial charge in [-0.15, -0.1) is 0 Å². The van der Waals surface area contributed by atoms with E-state index in [0.717, 1.165) is 12.3 Å². The van der Waals surface area contributed by atoms with E-state index in [1.807, 2.05) is 4.90 Å². The maximum atomic E-state index is 12.0. The Hall–Kier alpha value is -0.530. The number of thioether (sulfide) groups is 1. The van der Waals surface area contributed by atoms with Crippen LogP contribution in [-0.2, 0) is 19.4 Å². The molecule has 0 aromatic rings. The largest absolute Gasteiger partial charge is 0.466 e. The summed E-state index contributed by atoms with van der Waals surface area (Å²) in [6, 6.07) is 0. The third-order valence-corrected chi connectivity index (χ3v) is 6.48. The van der Waals surface area contributed by atoms with Crippen molar-refractivity contribution in [1.29, 1.82) is 0 Å². The Morgan fingerprint density at radius 2 is 2.21 bits per heavy atom. The van der Waals surface area contributed by atoms with Gasteiger partial charge in [-0.2, -0.15) is 11.8 Å². The van der Waals surface area contributed by atoms with E-state index in [0.29, 0.717) is 17.9 Å². The average Bonchev–Trinajstić information content (AvgIpc) is 2.44. The maximum Gasteiger partial charge on any atom is 0.333 e. The quantitative estimate of drug-likeness (QED) is 0.556. The van der Waals surface area contributed by atoms with Crippen molar-refractivity contribution in [3.63, 3.8) is 0 Å². The van der Waals surface area contributed by atoms with Gasteiger partial charge in [0.15, 0.2) is 9.84 Å². The Bertz CT molecular complexity index is 445. The lowest BCUT2D eigenvalue weighted by atomic mass is 10.3. The van der Waals surface area contributed by atoms with Gasteiger partial charge in [-0.1, -0.05) is 13.0 Å². The molecule has 19 heavy (non-hydrogen) atoms. The summed E-state index contributed by atoms with van der Waals surface area (Å²) in [6.45, 7) is 4.53. The molecule has 1 saturated heterocycles. The molecule has 0 aliphatic carbocycles. The highest BCUT2D eigenvalue weighted by molar-refractivity contribution is 8.01. The molecule has 1 atom stereocenters. The smallest absolute Gasteiger partial charge is 0.333 e. The molecule has 5 nitrogen and oxygen atoms in total. The summed E-state index contributed by atoms with van der Waals surface area (Å²) in [7, 11) is -1.75. The van der Waals surface area contributed by atoms with Crippen LogP contribution in [0.5, 0.6) is 0 Å². The Morgan fingerprint density at radius 1 is 1.53 bits per heavy atom. The molecule has 0 radical (unpaired) electrons. The van der Waals surface area contributed by atoms with Crippen molar-refractivity contribution >= 4 is 27.6 Å². The summed E-state index contributed by atoms with van der Waals surface area (Å²) in [5.74, 6) is 1.29. The van der Waals surface area contributed by atoms with Gasteiger partial charge in [-0.05, 0) is 6.92 Å². The molecular weight excluding hydrogens is 286 g/mol. The predicted octanol–water partition coefficient (Wildman–Crippen LogP) is 0.915. The van der Waals surface area contributed by atoms with Gasteiger partial charge in [0.05, 0.1) is 7.11 Å². The summed E-state index contributed by atoms with van der Waals surface area (Å²) >= 11 is 1.66. The minimum atomic E-state index is -3.08. The SMILES string of the molecule is CCS(=O)(=O)C1CSCCN1CC=C(C)C(=O)OC. The molecule has 0 saturated carbocycles. The van der Waals surface area contributed by atoms with Gasteiger partial charge in [0, 0.05) is 35.9 Å². The molecule has 1 aliphatic rings. The Balaban J connectivity index is 2.77. The fourth-order valence-corrected chi connectivity index (χ4v) is 4.94. The molecule has 0 N–H and O–H groups in total. The summed E-state index contributed by atoms with van der Waals surface area (Å²) in [6.07, 6.45) is 1.74. The summed E-state index contributed by atoms with van der Waals surface area (Å²) in [5, 5.41) is -0.446. The van der Waals surface area contributed by atoms with E-state index < -0.39 is 15.2 Å². The lowest BCUT2D eigenvalue weighted by Gasteiger charge is -2.33. The van der Waals surface area contributed by atoms with Crippen LogP contribution in [0.25, 0.3) is 0 Å². The first kappa shape index (κ1) is 16.5. The number of hydrogen-bond acceptors (Lipinski definition) is 6. The fourth-order valence-electron chi connectivity index (χ4n) is 1.85. The lowest BCUT2D eigenvalue weighted by molar-refractivity contribution is -0.136. The minimum absolute atomic E-state index is 0.147. The highest BCUT2D eigenvalue weighted by atomic mass is 32.2. The molecule has 0 spiro atoms. The van der Waals surface area contributed by atoms with E-state index >= 15 is 0 Å². The molecule has 0 aromatic heterocycles. The Kier molecular flexibility index (Phi) is 6.35. The standard InChI is InChI=1S/C12H21NO4S2/c1-4-19(15,16)11-9-18-8-7-13(11)6-5-10(2)12(14)17-3/h5,11H,4,6-9H2,1-3H3. The number of nitrogens with zero attached hydrogens (tertiary/aromatic N) is 1. The number of rotatable bonds is 5.